The van der Waals surface area contributed by atoms with Crippen LogP contribution in [-0.4, -0.2) is 46.5 Å². The number of rotatable bonds is 6. The minimum atomic E-state index is -1.12. The van der Waals surface area contributed by atoms with E-state index in [0.29, 0.717) is 0 Å². The molecule has 0 aromatic heterocycles. The van der Waals surface area contributed by atoms with Gasteiger partial charge in [0.1, 0.15) is 12.1 Å². The van der Waals surface area contributed by atoms with Crippen LogP contribution in [0.1, 0.15) is 20.8 Å². The number of carboxylic acids is 1. The second-order valence-electron chi connectivity index (χ2n) is 3.68. The number of carbonyl (C=O) groups is 3. The lowest BCUT2D eigenvalue weighted by Gasteiger charge is -2.17. The van der Waals surface area contributed by atoms with Crippen LogP contribution in [-0.2, 0) is 14.4 Å². The third-order valence-electron chi connectivity index (χ3n) is 2.20. The van der Waals surface area contributed by atoms with Gasteiger partial charge in [-0.1, -0.05) is 0 Å². The number of carboxylic acid groups (broad SMARTS) is 1. The predicted molar refractivity (Wildman–Crippen MR) is 65.8 cm³/mol. The van der Waals surface area contributed by atoms with Crippen LogP contribution in [0.5, 0.6) is 0 Å². The van der Waals surface area contributed by atoms with Crippen LogP contribution in [0.2, 0.25) is 0 Å². The minimum Gasteiger partial charge on any atom is -0.480 e. The molecule has 0 rings (SSSR count). The second-order valence-corrected chi connectivity index (χ2v) is 4.86. The molecule has 3 N–H and O–H groups in total. The van der Waals surface area contributed by atoms with Gasteiger partial charge < -0.3 is 15.7 Å². The maximum Gasteiger partial charge on any atom is 0.325 e. The first-order valence-electron chi connectivity index (χ1n) is 5.16. The summed E-state index contributed by atoms with van der Waals surface area (Å²) in [4.78, 5) is 33.5. The molecule has 0 aromatic rings. The first-order valence-corrected chi connectivity index (χ1v) is 6.44. The van der Waals surface area contributed by atoms with Crippen LogP contribution in [0, 0.1) is 0 Å². The lowest BCUT2D eigenvalue weighted by atomic mass is 10.2. The Morgan fingerprint density at radius 1 is 1.00 bits per heavy atom. The molecule has 3 atom stereocenters. The fraction of sp³-hybridized carbons (Fsp3) is 0.700. The average Bonchev–Trinajstić information content (AvgIpc) is 2.27. The Labute approximate surface area is 105 Å². The van der Waals surface area contributed by atoms with E-state index in [2.05, 4.69) is 10.6 Å². The highest BCUT2D eigenvalue weighted by molar-refractivity contribution is 7.99. The molecule has 0 aromatic carbocycles. The Morgan fingerprint density at radius 2 is 1.47 bits per heavy atom. The zero-order valence-electron chi connectivity index (χ0n) is 10.3. The van der Waals surface area contributed by atoms with Crippen molar-refractivity contribution in [2.75, 3.05) is 6.26 Å². The van der Waals surface area contributed by atoms with Crippen molar-refractivity contribution in [3.63, 3.8) is 0 Å². The van der Waals surface area contributed by atoms with Gasteiger partial charge in [-0.3, -0.25) is 14.4 Å². The van der Waals surface area contributed by atoms with E-state index in [1.807, 2.05) is 0 Å². The van der Waals surface area contributed by atoms with Crippen LogP contribution in [0.4, 0.5) is 0 Å². The van der Waals surface area contributed by atoms with Crippen molar-refractivity contribution in [3.05, 3.63) is 0 Å². The normalized spacial score (nSPS) is 15.5. The molecule has 0 fully saturated rings. The van der Waals surface area contributed by atoms with Crippen molar-refractivity contribution in [1.29, 1.82) is 0 Å². The molecule has 3 unspecified atom stereocenters. The summed E-state index contributed by atoms with van der Waals surface area (Å²) in [5.41, 5.74) is 0. The lowest BCUT2D eigenvalue weighted by Crippen LogP contribution is -2.50. The fourth-order valence-electron chi connectivity index (χ4n) is 0.903. The van der Waals surface area contributed by atoms with Crippen molar-refractivity contribution < 1.29 is 19.5 Å². The van der Waals surface area contributed by atoms with Crippen molar-refractivity contribution in [1.82, 2.24) is 10.6 Å². The molecule has 98 valence electrons. The highest BCUT2D eigenvalue weighted by Crippen LogP contribution is 2.04. The average molecular weight is 262 g/mol. The summed E-state index contributed by atoms with van der Waals surface area (Å²) in [5.74, 6) is -1.88. The summed E-state index contributed by atoms with van der Waals surface area (Å²) in [6.45, 7) is 4.60. The summed E-state index contributed by atoms with van der Waals surface area (Å²) in [6, 6.07) is -1.72. The number of amides is 2. The third-order valence-corrected chi connectivity index (χ3v) is 3.13. The maximum absolute atomic E-state index is 11.5. The molecule has 0 bridgehead atoms. The van der Waals surface area contributed by atoms with E-state index in [1.165, 1.54) is 25.6 Å². The Morgan fingerprint density at radius 3 is 1.88 bits per heavy atom. The van der Waals surface area contributed by atoms with E-state index in [1.54, 1.807) is 13.2 Å². The summed E-state index contributed by atoms with van der Waals surface area (Å²) < 4.78 is 0. The first-order chi connectivity index (χ1) is 7.79. The highest BCUT2D eigenvalue weighted by Gasteiger charge is 2.21. The van der Waals surface area contributed by atoms with E-state index in [-0.39, 0.29) is 11.2 Å². The SMILES string of the molecule is CSC(C)C(=O)NC(C)C(=O)NC(C)C(=O)O. The van der Waals surface area contributed by atoms with Crippen LogP contribution in [0.15, 0.2) is 0 Å². The van der Waals surface area contributed by atoms with Gasteiger partial charge in [0, 0.05) is 0 Å². The summed E-state index contributed by atoms with van der Waals surface area (Å²) in [5, 5.41) is 13.2. The van der Waals surface area contributed by atoms with E-state index >= 15 is 0 Å². The smallest absolute Gasteiger partial charge is 0.325 e. The van der Waals surface area contributed by atoms with E-state index in [4.69, 9.17) is 5.11 Å². The molecule has 0 spiro atoms. The summed E-state index contributed by atoms with van der Waals surface area (Å²) in [7, 11) is 0. The Hall–Kier alpha value is -1.24. The summed E-state index contributed by atoms with van der Waals surface area (Å²) in [6.07, 6.45) is 1.79. The van der Waals surface area contributed by atoms with Gasteiger partial charge in [0.05, 0.1) is 5.25 Å². The van der Waals surface area contributed by atoms with Gasteiger partial charge in [0.15, 0.2) is 0 Å². The van der Waals surface area contributed by atoms with Gasteiger partial charge in [-0.25, -0.2) is 0 Å². The molecule has 6 nitrogen and oxygen atoms in total. The zero-order valence-corrected chi connectivity index (χ0v) is 11.1. The quantitative estimate of drug-likeness (QED) is 0.618. The Bertz CT molecular complexity index is 309. The van der Waals surface area contributed by atoms with Gasteiger partial charge in [0.25, 0.3) is 0 Å². The molecule has 0 aliphatic carbocycles. The number of aliphatic carboxylic acids is 1. The largest absolute Gasteiger partial charge is 0.480 e. The lowest BCUT2D eigenvalue weighted by molar-refractivity contribution is -0.141. The van der Waals surface area contributed by atoms with Gasteiger partial charge in [-0.2, -0.15) is 11.8 Å². The van der Waals surface area contributed by atoms with Gasteiger partial charge in [0.2, 0.25) is 11.8 Å². The summed E-state index contributed by atoms with van der Waals surface area (Å²) >= 11 is 1.37. The molecule has 7 heteroatoms. The molecule has 0 aliphatic heterocycles. The molecular formula is C10H18N2O4S. The fourth-order valence-corrected chi connectivity index (χ4v) is 1.19. The highest BCUT2D eigenvalue weighted by atomic mass is 32.2. The molecule has 0 saturated heterocycles. The molecule has 0 aliphatic rings. The van der Waals surface area contributed by atoms with E-state index < -0.39 is 24.0 Å². The number of carbonyl (C=O) groups excluding carboxylic acids is 2. The van der Waals surface area contributed by atoms with Gasteiger partial charge in [-0.15, -0.1) is 0 Å². The van der Waals surface area contributed by atoms with Gasteiger partial charge in [-0.05, 0) is 27.0 Å². The van der Waals surface area contributed by atoms with Crippen molar-refractivity contribution in [3.8, 4) is 0 Å². The molecule has 0 saturated carbocycles. The molecular weight excluding hydrogens is 244 g/mol. The standard InChI is InChI=1S/C10H18N2O4S/c1-5(11-9(14)7(3)17-4)8(13)12-6(2)10(15)16/h5-7H,1-4H3,(H,11,14)(H,12,13)(H,15,16). The van der Waals surface area contributed by atoms with E-state index in [0.717, 1.165) is 0 Å². The number of thioether (sulfide) groups is 1. The number of hydrogen-bond acceptors (Lipinski definition) is 4. The first kappa shape index (κ1) is 15.8. The van der Waals surface area contributed by atoms with Crippen LogP contribution in [0.25, 0.3) is 0 Å². The van der Waals surface area contributed by atoms with E-state index in [9.17, 15) is 14.4 Å². The topological polar surface area (TPSA) is 95.5 Å². The molecule has 17 heavy (non-hydrogen) atoms. The second kappa shape index (κ2) is 7.16. The maximum atomic E-state index is 11.5. The predicted octanol–water partition coefficient (Wildman–Crippen LogP) is -0.168. The number of nitrogens with one attached hydrogen (secondary N) is 2. The van der Waals surface area contributed by atoms with Gasteiger partial charge >= 0.3 is 5.97 Å². The number of hydrogen-bond donors (Lipinski definition) is 3. The van der Waals surface area contributed by atoms with Crippen molar-refractivity contribution in [2.45, 2.75) is 38.1 Å². The molecule has 0 heterocycles. The zero-order chi connectivity index (χ0) is 13.6. The van der Waals surface area contributed by atoms with Crippen LogP contribution in [0.3, 0.4) is 0 Å². The third kappa shape index (κ3) is 5.58. The van der Waals surface area contributed by atoms with Crippen LogP contribution >= 0.6 is 11.8 Å². The monoisotopic (exact) mass is 262 g/mol. The Kier molecular flexibility index (Phi) is 6.64. The minimum absolute atomic E-state index is 0.247. The molecule has 0 radical (unpaired) electrons. The molecule has 2 amide bonds. The Balaban J connectivity index is 4.23. The van der Waals surface area contributed by atoms with Crippen LogP contribution < -0.4 is 10.6 Å². The van der Waals surface area contributed by atoms with Crippen molar-refractivity contribution in [2.24, 2.45) is 0 Å². The van der Waals surface area contributed by atoms with Crippen molar-refractivity contribution >= 4 is 29.5 Å².